The lowest BCUT2D eigenvalue weighted by Crippen LogP contribution is -2.42. The molecule has 2 saturated carbocycles. The lowest BCUT2D eigenvalue weighted by Gasteiger charge is -2.49. The number of hydrogen-bond acceptors (Lipinski definition) is 3. The number of halogens is 1. The van der Waals surface area contributed by atoms with Gasteiger partial charge < -0.3 is 5.11 Å². The summed E-state index contributed by atoms with van der Waals surface area (Å²) < 4.78 is 0. The third kappa shape index (κ3) is 3.30. The Kier molecular flexibility index (Phi) is 4.74. The van der Waals surface area contributed by atoms with Crippen LogP contribution < -0.4 is 0 Å². The molecule has 2 aromatic rings. The van der Waals surface area contributed by atoms with Crippen molar-refractivity contribution in [1.29, 1.82) is 0 Å². The predicted octanol–water partition coefficient (Wildman–Crippen LogP) is 6.38. The number of aromatic hydroxyl groups is 1. The summed E-state index contributed by atoms with van der Waals surface area (Å²) >= 11 is 5.95. The van der Waals surface area contributed by atoms with Gasteiger partial charge in [-0.15, -0.1) is 0 Å². The Labute approximate surface area is 177 Å². The second kappa shape index (κ2) is 7.28. The molecule has 4 heteroatoms. The zero-order valence-electron chi connectivity index (χ0n) is 16.8. The maximum atomic E-state index is 9.85. The van der Waals surface area contributed by atoms with Crippen LogP contribution in [0, 0.1) is 17.3 Å². The van der Waals surface area contributed by atoms with Crippen molar-refractivity contribution in [3.63, 3.8) is 0 Å². The van der Waals surface area contributed by atoms with Gasteiger partial charge in [0.15, 0.2) is 0 Å². The van der Waals surface area contributed by atoms with Crippen LogP contribution >= 0.6 is 11.6 Å². The van der Waals surface area contributed by atoms with Gasteiger partial charge in [-0.2, -0.15) is 10.2 Å². The van der Waals surface area contributed by atoms with E-state index >= 15 is 0 Å². The van der Waals surface area contributed by atoms with Gasteiger partial charge in [0.05, 0.1) is 6.21 Å². The van der Waals surface area contributed by atoms with Crippen LogP contribution in [0.3, 0.4) is 0 Å². The molecule has 5 rings (SSSR count). The first-order valence-electron chi connectivity index (χ1n) is 10.7. The third-order valence-electron chi connectivity index (χ3n) is 7.71. The first-order valence-corrected chi connectivity index (χ1v) is 11.1. The fraction of sp³-hybridized carbons (Fsp3) is 0.440. The molecule has 0 amide bonds. The first-order chi connectivity index (χ1) is 14.0. The number of aryl methyl sites for hydroxylation is 1. The zero-order chi connectivity index (χ0) is 20.0. The van der Waals surface area contributed by atoms with Crippen LogP contribution in [0.25, 0.3) is 0 Å². The highest BCUT2D eigenvalue weighted by Gasteiger charge is 2.53. The molecule has 0 saturated heterocycles. The van der Waals surface area contributed by atoms with Crippen LogP contribution in [0.4, 0.5) is 0 Å². The molecule has 0 aromatic heterocycles. The van der Waals surface area contributed by atoms with Crippen LogP contribution in [-0.4, -0.2) is 17.0 Å². The Morgan fingerprint density at radius 2 is 1.90 bits per heavy atom. The quantitative estimate of drug-likeness (QED) is 0.456. The van der Waals surface area contributed by atoms with Crippen molar-refractivity contribution in [1.82, 2.24) is 0 Å². The Balaban J connectivity index is 1.37. The molecule has 4 unspecified atom stereocenters. The topological polar surface area (TPSA) is 45.0 Å². The van der Waals surface area contributed by atoms with Crippen LogP contribution in [0.15, 0.2) is 52.7 Å². The van der Waals surface area contributed by atoms with Crippen LogP contribution in [0.2, 0.25) is 5.02 Å². The summed E-state index contributed by atoms with van der Waals surface area (Å²) in [6, 6.07) is 13.7. The smallest absolute Gasteiger partial charge is 0.115 e. The van der Waals surface area contributed by atoms with Gasteiger partial charge in [0.1, 0.15) is 5.75 Å². The number of nitrogens with zero attached hydrogens (tertiary/aromatic N) is 2. The third-order valence-corrected chi connectivity index (χ3v) is 7.96. The largest absolute Gasteiger partial charge is 0.508 e. The van der Waals surface area contributed by atoms with E-state index < -0.39 is 0 Å². The van der Waals surface area contributed by atoms with Crippen molar-refractivity contribution in [3.8, 4) is 5.75 Å². The van der Waals surface area contributed by atoms with Gasteiger partial charge in [0, 0.05) is 16.1 Å². The van der Waals surface area contributed by atoms with E-state index in [2.05, 4.69) is 18.1 Å². The minimum absolute atomic E-state index is 0.174. The van der Waals surface area contributed by atoms with E-state index in [0.29, 0.717) is 17.6 Å². The predicted molar refractivity (Wildman–Crippen MR) is 119 cm³/mol. The Hall–Kier alpha value is -2.13. The van der Waals surface area contributed by atoms with Crippen molar-refractivity contribution < 1.29 is 5.11 Å². The maximum absolute atomic E-state index is 9.85. The Bertz CT molecular complexity index is 981. The minimum Gasteiger partial charge on any atom is -0.508 e. The number of fused-ring (bicyclic) bond motifs is 5. The normalized spacial score (nSPS) is 32.2. The second-order valence-corrected chi connectivity index (χ2v) is 9.57. The number of phenolic OH excluding ortho intramolecular Hbond substituents is 1. The standard InChI is InChI=1S/C25H27ClN2O/c1-25-13-12-21-20-9-7-19(29)14-17(20)4-8-22(21)23(25)10-11-24(25)28-27-15-16-2-5-18(26)6-3-16/h2-3,5-7,9,14-15,21-23,29H,4,8,10-13H2,1H3/b27-15+,28-24-. The van der Waals surface area contributed by atoms with Crippen LogP contribution in [0.1, 0.15) is 61.6 Å². The number of hydrogen-bond donors (Lipinski definition) is 1. The molecule has 3 nitrogen and oxygen atoms in total. The molecule has 1 N–H and O–H groups in total. The molecule has 0 radical (unpaired) electrons. The van der Waals surface area contributed by atoms with Crippen LogP contribution in [-0.2, 0) is 6.42 Å². The summed E-state index contributed by atoms with van der Waals surface area (Å²) in [4.78, 5) is 0. The molecule has 3 aliphatic carbocycles. The average Bonchev–Trinajstić information content (AvgIpc) is 3.05. The average molecular weight is 407 g/mol. The van der Waals surface area contributed by atoms with E-state index in [9.17, 15) is 5.11 Å². The molecule has 0 bridgehead atoms. The van der Waals surface area contributed by atoms with Crippen molar-refractivity contribution in [2.75, 3.05) is 0 Å². The molecule has 150 valence electrons. The summed E-state index contributed by atoms with van der Waals surface area (Å²) in [6.07, 6.45) is 8.80. The highest BCUT2D eigenvalue weighted by Crippen LogP contribution is 2.60. The number of benzene rings is 2. The van der Waals surface area contributed by atoms with Crippen molar-refractivity contribution in [2.24, 2.45) is 27.5 Å². The molecule has 3 aliphatic rings. The summed E-state index contributed by atoms with van der Waals surface area (Å²) in [5.74, 6) is 2.44. The van der Waals surface area contributed by atoms with Gasteiger partial charge in [0.25, 0.3) is 0 Å². The van der Waals surface area contributed by atoms with Gasteiger partial charge in [-0.05, 0) is 97.2 Å². The zero-order valence-corrected chi connectivity index (χ0v) is 17.6. The molecule has 2 fully saturated rings. The fourth-order valence-electron chi connectivity index (χ4n) is 6.24. The highest BCUT2D eigenvalue weighted by molar-refractivity contribution is 6.30. The lowest BCUT2D eigenvalue weighted by molar-refractivity contribution is 0.0955. The van der Waals surface area contributed by atoms with E-state index in [1.807, 2.05) is 42.6 Å². The van der Waals surface area contributed by atoms with Gasteiger partial charge >= 0.3 is 0 Å². The monoisotopic (exact) mass is 406 g/mol. The van der Waals surface area contributed by atoms with Crippen molar-refractivity contribution in [3.05, 3.63) is 64.2 Å². The fourth-order valence-corrected chi connectivity index (χ4v) is 6.36. The maximum Gasteiger partial charge on any atom is 0.115 e. The van der Waals surface area contributed by atoms with Crippen molar-refractivity contribution >= 4 is 23.5 Å². The molecule has 0 spiro atoms. The Morgan fingerprint density at radius 1 is 1.07 bits per heavy atom. The summed E-state index contributed by atoms with van der Waals surface area (Å²) in [6.45, 7) is 2.42. The SMILES string of the molecule is CC12CCC3c4ccc(O)cc4CCC3C1CC/C2=N/N=C/c1ccc(Cl)cc1. The number of phenols is 1. The van der Waals surface area contributed by atoms with Gasteiger partial charge in [-0.1, -0.05) is 36.7 Å². The van der Waals surface area contributed by atoms with E-state index in [-0.39, 0.29) is 5.41 Å². The first kappa shape index (κ1) is 18.9. The summed E-state index contributed by atoms with van der Waals surface area (Å²) in [5, 5.41) is 19.7. The van der Waals surface area contributed by atoms with Gasteiger partial charge in [-0.25, -0.2) is 0 Å². The van der Waals surface area contributed by atoms with Crippen LogP contribution in [0.5, 0.6) is 5.75 Å². The molecule has 4 atom stereocenters. The van der Waals surface area contributed by atoms with E-state index in [1.165, 1.54) is 42.5 Å². The lowest BCUT2D eigenvalue weighted by atomic mass is 9.55. The molecule has 2 aromatic carbocycles. The van der Waals surface area contributed by atoms with Gasteiger partial charge in [-0.3, -0.25) is 0 Å². The Morgan fingerprint density at radius 3 is 2.72 bits per heavy atom. The second-order valence-electron chi connectivity index (χ2n) is 9.14. The van der Waals surface area contributed by atoms with Gasteiger partial charge in [0.2, 0.25) is 0 Å². The van der Waals surface area contributed by atoms with E-state index in [0.717, 1.165) is 29.3 Å². The minimum atomic E-state index is 0.174. The molecular formula is C25H27ClN2O. The molecule has 29 heavy (non-hydrogen) atoms. The molecular weight excluding hydrogens is 380 g/mol. The molecule has 0 aliphatic heterocycles. The highest BCUT2D eigenvalue weighted by atomic mass is 35.5. The number of rotatable bonds is 2. The molecule has 0 heterocycles. The van der Waals surface area contributed by atoms with E-state index in [1.54, 1.807) is 0 Å². The summed E-state index contributed by atoms with van der Waals surface area (Å²) in [7, 11) is 0. The summed E-state index contributed by atoms with van der Waals surface area (Å²) in [5.41, 5.74) is 5.31. The van der Waals surface area contributed by atoms with E-state index in [4.69, 9.17) is 16.7 Å². The van der Waals surface area contributed by atoms with Crippen molar-refractivity contribution in [2.45, 2.75) is 51.4 Å².